The summed E-state index contributed by atoms with van der Waals surface area (Å²) in [6.45, 7) is 2.29. The average molecular weight is 253 g/mol. The first-order valence-corrected chi connectivity index (χ1v) is 8.60. The Labute approximate surface area is 115 Å². The summed E-state index contributed by atoms with van der Waals surface area (Å²) in [7, 11) is 0. The first-order chi connectivity index (χ1) is 8.84. The Morgan fingerprint density at radius 1 is 0.778 bits per heavy atom. The van der Waals surface area contributed by atoms with Crippen LogP contribution in [0.2, 0.25) is 0 Å². The van der Waals surface area contributed by atoms with Gasteiger partial charge in [0.1, 0.15) is 0 Å². The van der Waals surface area contributed by atoms with E-state index in [9.17, 15) is 0 Å². The van der Waals surface area contributed by atoms with Gasteiger partial charge in [0.15, 0.2) is 0 Å². The van der Waals surface area contributed by atoms with Gasteiger partial charge in [0.25, 0.3) is 0 Å². The molecule has 108 valence electrons. The predicted octanol–water partition coefficient (Wildman–Crippen LogP) is 5.42. The van der Waals surface area contributed by atoms with Gasteiger partial charge in [0.2, 0.25) is 0 Å². The topological polar surface area (TPSA) is 26.0 Å². The normalized spacial score (nSPS) is 23.7. The Hall–Kier alpha value is -0.0400. The minimum Gasteiger partial charge on any atom is -0.327 e. The van der Waals surface area contributed by atoms with Gasteiger partial charge in [0, 0.05) is 6.04 Å². The maximum atomic E-state index is 6.10. The fourth-order valence-corrected chi connectivity index (χ4v) is 3.32. The van der Waals surface area contributed by atoms with Crippen LogP contribution in [-0.2, 0) is 0 Å². The molecule has 1 rings (SSSR count). The Morgan fingerprint density at radius 3 is 1.83 bits per heavy atom. The molecular weight excluding hydrogens is 218 g/mol. The fraction of sp³-hybridized carbons (Fsp3) is 1.00. The predicted molar refractivity (Wildman–Crippen MR) is 81.8 cm³/mol. The van der Waals surface area contributed by atoms with E-state index < -0.39 is 0 Å². The molecule has 0 bridgehead atoms. The number of hydrogen-bond donors (Lipinski definition) is 1. The van der Waals surface area contributed by atoms with Gasteiger partial charge in [-0.05, 0) is 25.2 Å². The molecule has 0 amide bonds. The molecule has 1 heteroatoms. The van der Waals surface area contributed by atoms with Crippen molar-refractivity contribution in [2.45, 2.75) is 103 Å². The van der Waals surface area contributed by atoms with Crippen molar-refractivity contribution >= 4 is 0 Å². The lowest BCUT2D eigenvalue weighted by Crippen LogP contribution is -2.24. The molecule has 1 saturated carbocycles. The molecule has 0 spiro atoms. The van der Waals surface area contributed by atoms with E-state index in [4.69, 9.17) is 5.73 Å². The molecule has 1 aliphatic rings. The second-order valence-electron chi connectivity index (χ2n) is 6.33. The van der Waals surface area contributed by atoms with Crippen LogP contribution in [0.5, 0.6) is 0 Å². The molecule has 0 heterocycles. The zero-order valence-corrected chi connectivity index (χ0v) is 12.6. The first kappa shape index (κ1) is 16.0. The highest BCUT2D eigenvalue weighted by Gasteiger charge is 2.22. The van der Waals surface area contributed by atoms with Crippen LogP contribution >= 0.6 is 0 Å². The van der Waals surface area contributed by atoms with Crippen molar-refractivity contribution in [3.8, 4) is 0 Å². The molecule has 0 radical (unpaired) electrons. The summed E-state index contributed by atoms with van der Waals surface area (Å²) in [5.41, 5.74) is 6.10. The minimum atomic E-state index is 0.531. The van der Waals surface area contributed by atoms with Gasteiger partial charge in [-0.15, -0.1) is 0 Å². The third-order valence-corrected chi connectivity index (χ3v) is 4.65. The molecule has 18 heavy (non-hydrogen) atoms. The number of rotatable bonds is 11. The van der Waals surface area contributed by atoms with Crippen LogP contribution in [0, 0.1) is 5.92 Å². The maximum Gasteiger partial charge on any atom is 0.00671 e. The van der Waals surface area contributed by atoms with Crippen LogP contribution in [0.1, 0.15) is 96.8 Å². The second kappa shape index (κ2) is 10.8. The van der Waals surface area contributed by atoms with E-state index >= 15 is 0 Å². The zero-order chi connectivity index (χ0) is 13.1. The lowest BCUT2D eigenvalue weighted by atomic mass is 9.96. The van der Waals surface area contributed by atoms with E-state index in [2.05, 4.69) is 6.92 Å². The largest absolute Gasteiger partial charge is 0.327 e. The van der Waals surface area contributed by atoms with Crippen LogP contribution in [0.25, 0.3) is 0 Å². The second-order valence-corrected chi connectivity index (χ2v) is 6.33. The molecule has 2 N–H and O–H groups in total. The van der Waals surface area contributed by atoms with E-state index in [1.807, 2.05) is 0 Å². The van der Waals surface area contributed by atoms with E-state index in [0.29, 0.717) is 6.04 Å². The van der Waals surface area contributed by atoms with Crippen molar-refractivity contribution in [2.75, 3.05) is 0 Å². The molecule has 0 aliphatic heterocycles. The van der Waals surface area contributed by atoms with Crippen LogP contribution in [0.3, 0.4) is 0 Å². The average Bonchev–Trinajstić information content (AvgIpc) is 2.77. The van der Waals surface area contributed by atoms with Crippen LogP contribution < -0.4 is 5.73 Å². The minimum absolute atomic E-state index is 0.531. The quantitative estimate of drug-likeness (QED) is 0.488. The van der Waals surface area contributed by atoms with Gasteiger partial charge in [0.05, 0.1) is 0 Å². The van der Waals surface area contributed by atoms with Gasteiger partial charge < -0.3 is 5.73 Å². The van der Waals surface area contributed by atoms with E-state index in [0.717, 1.165) is 5.92 Å². The highest BCUT2D eigenvalue weighted by molar-refractivity contribution is 4.79. The Morgan fingerprint density at radius 2 is 1.33 bits per heavy atom. The summed E-state index contributed by atoms with van der Waals surface area (Å²) in [4.78, 5) is 0. The van der Waals surface area contributed by atoms with Crippen molar-refractivity contribution < 1.29 is 0 Å². The van der Waals surface area contributed by atoms with Gasteiger partial charge >= 0.3 is 0 Å². The van der Waals surface area contributed by atoms with Crippen molar-refractivity contribution in [2.24, 2.45) is 11.7 Å². The summed E-state index contributed by atoms with van der Waals surface area (Å²) in [6, 6.07) is 0.531. The van der Waals surface area contributed by atoms with Crippen molar-refractivity contribution in [3.63, 3.8) is 0 Å². The third-order valence-electron chi connectivity index (χ3n) is 4.65. The Balaban J connectivity index is 1.76. The van der Waals surface area contributed by atoms with Gasteiger partial charge in [-0.1, -0.05) is 77.6 Å². The van der Waals surface area contributed by atoms with Crippen LogP contribution in [-0.4, -0.2) is 6.04 Å². The molecule has 0 aromatic rings. The molecule has 1 aliphatic carbocycles. The SMILES string of the molecule is CCCCCCCCCCCCC1CCCC1N. The Bertz CT molecular complexity index is 178. The number of unbranched alkanes of at least 4 members (excludes halogenated alkanes) is 9. The van der Waals surface area contributed by atoms with Crippen molar-refractivity contribution in [1.29, 1.82) is 0 Å². The maximum absolute atomic E-state index is 6.10. The summed E-state index contributed by atoms with van der Waals surface area (Å²) >= 11 is 0. The van der Waals surface area contributed by atoms with Crippen molar-refractivity contribution in [1.82, 2.24) is 0 Å². The van der Waals surface area contributed by atoms with Gasteiger partial charge in [-0.3, -0.25) is 0 Å². The van der Waals surface area contributed by atoms with E-state index in [1.165, 1.54) is 89.9 Å². The molecule has 2 atom stereocenters. The van der Waals surface area contributed by atoms with E-state index in [1.54, 1.807) is 0 Å². The summed E-state index contributed by atoms with van der Waals surface area (Å²) in [5.74, 6) is 0.860. The first-order valence-electron chi connectivity index (χ1n) is 8.60. The molecule has 1 fully saturated rings. The molecule has 0 aromatic carbocycles. The standard InChI is InChI=1S/C17H35N/c1-2-3-4-5-6-7-8-9-10-11-13-16-14-12-15-17(16)18/h16-17H,2-15,18H2,1H3. The van der Waals surface area contributed by atoms with Gasteiger partial charge in [-0.2, -0.15) is 0 Å². The monoisotopic (exact) mass is 253 g/mol. The molecule has 1 nitrogen and oxygen atoms in total. The zero-order valence-electron chi connectivity index (χ0n) is 12.6. The molecule has 0 saturated heterocycles. The van der Waals surface area contributed by atoms with Crippen LogP contribution in [0.15, 0.2) is 0 Å². The molecular formula is C17H35N. The van der Waals surface area contributed by atoms with Gasteiger partial charge in [-0.25, -0.2) is 0 Å². The lowest BCUT2D eigenvalue weighted by Gasteiger charge is -2.14. The fourth-order valence-electron chi connectivity index (χ4n) is 3.32. The van der Waals surface area contributed by atoms with Crippen LogP contribution in [0.4, 0.5) is 0 Å². The molecule has 0 aromatic heterocycles. The summed E-state index contributed by atoms with van der Waals surface area (Å²) < 4.78 is 0. The number of nitrogens with two attached hydrogens (primary N) is 1. The summed E-state index contributed by atoms with van der Waals surface area (Å²) in [5, 5.41) is 0. The Kier molecular flexibility index (Phi) is 9.65. The highest BCUT2D eigenvalue weighted by Crippen LogP contribution is 2.28. The lowest BCUT2D eigenvalue weighted by molar-refractivity contribution is 0.419. The number of hydrogen-bond acceptors (Lipinski definition) is 1. The smallest absolute Gasteiger partial charge is 0.00671 e. The van der Waals surface area contributed by atoms with Crippen molar-refractivity contribution in [3.05, 3.63) is 0 Å². The highest BCUT2D eigenvalue weighted by atomic mass is 14.7. The third kappa shape index (κ3) is 7.41. The molecule has 2 unspecified atom stereocenters. The summed E-state index contributed by atoms with van der Waals surface area (Å²) in [6.07, 6.45) is 19.9. The van der Waals surface area contributed by atoms with E-state index in [-0.39, 0.29) is 0 Å².